The Bertz CT molecular complexity index is 283. The van der Waals surface area contributed by atoms with Crippen molar-refractivity contribution < 1.29 is 9.59 Å². The molecule has 1 saturated carbocycles. The molecule has 1 heterocycles. The smallest absolute Gasteiger partial charge is 0.229 e. The summed E-state index contributed by atoms with van der Waals surface area (Å²) < 4.78 is 0. The van der Waals surface area contributed by atoms with Gasteiger partial charge in [0.15, 0.2) is 0 Å². The van der Waals surface area contributed by atoms with E-state index in [1.165, 1.54) is 11.8 Å². The Morgan fingerprint density at radius 2 is 2.08 bits per heavy atom. The van der Waals surface area contributed by atoms with Crippen LogP contribution in [0, 0.1) is 17.3 Å². The number of nitrogens with zero attached hydrogens (tertiary/aromatic N) is 1. The summed E-state index contributed by atoms with van der Waals surface area (Å²) in [5.74, 6) is 0.982. The summed E-state index contributed by atoms with van der Waals surface area (Å²) in [6.45, 7) is 6.47. The molecule has 0 spiro atoms. The third-order valence-electron chi connectivity index (χ3n) is 3.74. The van der Waals surface area contributed by atoms with Gasteiger partial charge in [-0.15, -0.1) is 0 Å². The van der Waals surface area contributed by atoms with Crippen LogP contribution in [0.25, 0.3) is 0 Å². The lowest BCUT2D eigenvalue weighted by Crippen LogP contribution is -2.40. The van der Waals surface area contributed by atoms with Crippen molar-refractivity contribution in [2.24, 2.45) is 17.3 Å². The van der Waals surface area contributed by atoms with Gasteiger partial charge in [-0.25, -0.2) is 0 Å². The van der Waals surface area contributed by atoms with Gasteiger partial charge < -0.3 is 0 Å². The highest BCUT2D eigenvalue weighted by Crippen LogP contribution is 2.62. The SMILES string of the molecule is CC(=O)N1CC2C(CC1=O)C2(C)C. The Kier molecular flexibility index (Phi) is 1.57. The van der Waals surface area contributed by atoms with Crippen LogP contribution in [0.3, 0.4) is 0 Å². The van der Waals surface area contributed by atoms with Crippen molar-refractivity contribution in [2.75, 3.05) is 6.54 Å². The fourth-order valence-corrected chi connectivity index (χ4v) is 2.53. The second-order valence-corrected chi connectivity index (χ2v) is 4.76. The number of carbonyl (C=O) groups is 2. The molecule has 1 aliphatic carbocycles. The first-order chi connectivity index (χ1) is 5.94. The highest BCUT2D eigenvalue weighted by atomic mass is 16.2. The predicted molar refractivity (Wildman–Crippen MR) is 47.8 cm³/mol. The molecule has 3 heteroatoms. The van der Waals surface area contributed by atoms with Crippen molar-refractivity contribution in [1.29, 1.82) is 0 Å². The van der Waals surface area contributed by atoms with Crippen LogP contribution in [-0.4, -0.2) is 23.3 Å². The molecule has 1 saturated heterocycles. The molecular formula is C10H15NO2. The third-order valence-corrected chi connectivity index (χ3v) is 3.74. The van der Waals surface area contributed by atoms with E-state index < -0.39 is 0 Å². The monoisotopic (exact) mass is 181 g/mol. The second-order valence-electron chi connectivity index (χ2n) is 4.76. The zero-order valence-corrected chi connectivity index (χ0v) is 8.33. The summed E-state index contributed by atoms with van der Waals surface area (Å²) in [7, 11) is 0. The molecule has 2 atom stereocenters. The molecule has 2 fully saturated rings. The normalized spacial score (nSPS) is 35.6. The van der Waals surface area contributed by atoms with E-state index in [0.717, 1.165) is 0 Å². The summed E-state index contributed by atoms with van der Waals surface area (Å²) in [6, 6.07) is 0. The molecule has 72 valence electrons. The van der Waals surface area contributed by atoms with Gasteiger partial charge in [-0.3, -0.25) is 14.5 Å². The topological polar surface area (TPSA) is 37.4 Å². The van der Waals surface area contributed by atoms with Gasteiger partial charge in [-0.2, -0.15) is 0 Å². The minimum Gasteiger partial charge on any atom is -0.283 e. The average molecular weight is 181 g/mol. The second kappa shape index (κ2) is 2.34. The molecule has 0 bridgehead atoms. The van der Waals surface area contributed by atoms with Crippen molar-refractivity contribution in [2.45, 2.75) is 27.2 Å². The van der Waals surface area contributed by atoms with Crippen LogP contribution in [0.4, 0.5) is 0 Å². The van der Waals surface area contributed by atoms with Crippen molar-refractivity contribution in [3.8, 4) is 0 Å². The molecule has 13 heavy (non-hydrogen) atoms. The number of likely N-dealkylation sites (tertiary alicyclic amines) is 1. The number of amides is 2. The number of fused-ring (bicyclic) bond motifs is 1. The largest absolute Gasteiger partial charge is 0.283 e. The van der Waals surface area contributed by atoms with Crippen molar-refractivity contribution in [3.05, 3.63) is 0 Å². The summed E-state index contributed by atoms with van der Waals surface area (Å²) in [4.78, 5) is 24.0. The molecule has 2 aliphatic rings. The molecular weight excluding hydrogens is 166 g/mol. The third kappa shape index (κ3) is 1.10. The summed E-state index contributed by atoms with van der Waals surface area (Å²) >= 11 is 0. The Hall–Kier alpha value is -0.860. The predicted octanol–water partition coefficient (Wildman–Crippen LogP) is 1.04. The van der Waals surface area contributed by atoms with E-state index in [9.17, 15) is 9.59 Å². The van der Waals surface area contributed by atoms with Crippen molar-refractivity contribution in [3.63, 3.8) is 0 Å². The van der Waals surface area contributed by atoms with Crippen molar-refractivity contribution in [1.82, 2.24) is 4.90 Å². The Morgan fingerprint density at radius 3 is 2.62 bits per heavy atom. The average Bonchev–Trinajstić information content (AvgIpc) is 2.52. The zero-order chi connectivity index (χ0) is 9.80. The van der Waals surface area contributed by atoms with E-state index in [1.807, 2.05) is 0 Å². The van der Waals surface area contributed by atoms with Gasteiger partial charge in [0.2, 0.25) is 11.8 Å². The number of hydrogen-bond donors (Lipinski definition) is 0. The number of hydrogen-bond acceptors (Lipinski definition) is 2. The first kappa shape index (κ1) is 8.73. The maximum atomic E-state index is 11.5. The molecule has 0 radical (unpaired) electrons. The van der Waals surface area contributed by atoms with Crippen LogP contribution in [-0.2, 0) is 9.59 Å². The summed E-state index contributed by atoms with van der Waals surface area (Å²) in [6.07, 6.45) is 0.567. The van der Waals surface area contributed by atoms with Crippen LogP contribution in [0.1, 0.15) is 27.2 Å². The lowest BCUT2D eigenvalue weighted by atomic mass is 10.1. The first-order valence-electron chi connectivity index (χ1n) is 4.75. The van der Waals surface area contributed by atoms with E-state index in [4.69, 9.17) is 0 Å². The molecule has 3 nitrogen and oxygen atoms in total. The molecule has 2 rings (SSSR count). The van der Waals surface area contributed by atoms with Gasteiger partial charge in [-0.1, -0.05) is 13.8 Å². The number of piperidine rings is 1. The highest BCUT2D eigenvalue weighted by molar-refractivity contribution is 5.95. The molecule has 0 aromatic carbocycles. The van der Waals surface area contributed by atoms with Gasteiger partial charge >= 0.3 is 0 Å². The van der Waals surface area contributed by atoms with Gasteiger partial charge in [0.05, 0.1) is 0 Å². The fourth-order valence-electron chi connectivity index (χ4n) is 2.53. The Morgan fingerprint density at radius 1 is 1.46 bits per heavy atom. The summed E-state index contributed by atoms with van der Waals surface area (Å²) in [5.41, 5.74) is 0.278. The Balaban J connectivity index is 2.14. The van der Waals surface area contributed by atoms with Gasteiger partial charge in [0.25, 0.3) is 0 Å². The van der Waals surface area contributed by atoms with Crippen LogP contribution in [0.2, 0.25) is 0 Å². The molecule has 2 unspecified atom stereocenters. The fraction of sp³-hybridized carbons (Fsp3) is 0.800. The van der Waals surface area contributed by atoms with E-state index >= 15 is 0 Å². The van der Waals surface area contributed by atoms with Crippen LogP contribution in [0.15, 0.2) is 0 Å². The first-order valence-corrected chi connectivity index (χ1v) is 4.75. The number of carbonyl (C=O) groups excluding carboxylic acids is 2. The maximum absolute atomic E-state index is 11.5. The molecule has 0 N–H and O–H groups in total. The van der Waals surface area contributed by atoms with Gasteiger partial charge in [0.1, 0.15) is 0 Å². The van der Waals surface area contributed by atoms with Gasteiger partial charge in [-0.05, 0) is 17.3 Å². The number of rotatable bonds is 0. The van der Waals surface area contributed by atoms with Crippen LogP contribution >= 0.6 is 0 Å². The molecule has 2 amide bonds. The molecule has 1 aliphatic heterocycles. The standard InChI is InChI=1S/C10H15NO2/c1-6(12)11-5-8-7(4-9(11)13)10(8,2)3/h7-8H,4-5H2,1-3H3. The molecule has 0 aromatic rings. The minimum atomic E-state index is -0.105. The van der Waals surface area contributed by atoms with Crippen LogP contribution < -0.4 is 0 Å². The summed E-state index contributed by atoms with van der Waals surface area (Å²) in [5, 5.41) is 0. The van der Waals surface area contributed by atoms with Crippen molar-refractivity contribution >= 4 is 11.8 Å². The van der Waals surface area contributed by atoms with Gasteiger partial charge in [0, 0.05) is 19.9 Å². The van der Waals surface area contributed by atoms with E-state index in [2.05, 4.69) is 13.8 Å². The molecule has 0 aromatic heterocycles. The maximum Gasteiger partial charge on any atom is 0.229 e. The lowest BCUT2D eigenvalue weighted by molar-refractivity contribution is -0.145. The quantitative estimate of drug-likeness (QED) is 0.560. The zero-order valence-electron chi connectivity index (χ0n) is 8.33. The van der Waals surface area contributed by atoms with Crippen LogP contribution in [0.5, 0.6) is 0 Å². The number of imide groups is 1. The van der Waals surface area contributed by atoms with E-state index in [1.54, 1.807) is 0 Å². The highest BCUT2D eigenvalue weighted by Gasteiger charge is 2.61. The van der Waals surface area contributed by atoms with E-state index in [0.29, 0.717) is 24.8 Å². The Labute approximate surface area is 78.1 Å². The minimum absolute atomic E-state index is 0.0133. The lowest BCUT2D eigenvalue weighted by Gasteiger charge is -2.22. The van der Waals surface area contributed by atoms with E-state index in [-0.39, 0.29) is 17.2 Å².